The fourth-order valence-corrected chi connectivity index (χ4v) is 12.5. The Morgan fingerprint density at radius 1 is 0.667 bits per heavy atom. The molecule has 0 aliphatic carbocycles. The number of carbonyl (C=O) groups is 2. The molecule has 0 spiro atoms. The van der Waals surface area contributed by atoms with E-state index in [0.29, 0.717) is 38.5 Å². The first kappa shape index (κ1) is 31.4. The lowest BCUT2D eigenvalue weighted by molar-refractivity contribution is -0.161. The summed E-state index contributed by atoms with van der Waals surface area (Å²) in [6.45, 7) is 16.2. The summed E-state index contributed by atoms with van der Waals surface area (Å²) in [4.78, 5) is 24.3. The third-order valence-corrected chi connectivity index (χ3v) is 14.1. The monoisotopic (exact) mass is 544 g/mol. The van der Waals surface area contributed by atoms with E-state index in [1.165, 1.54) is 0 Å². The van der Waals surface area contributed by atoms with Gasteiger partial charge in [0.1, 0.15) is 0 Å². The quantitative estimate of drug-likeness (QED) is 0.199. The first-order valence-electron chi connectivity index (χ1n) is 13.7. The van der Waals surface area contributed by atoms with Crippen LogP contribution in [0, 0.1) is 17.3 Å². The van der Waals surface area contributed by atoms with Gasteiger partial charge in [0.25, 0.3) is 0 Å². The number of hydrogen-bond donors (Lipinski definition) is 2. The molecule has 2 N–H and O–H groups in total. The van der Waals surface area contributed by atoms with E-state index in [1.807, 2.05) is 55.4 Å². The van der Waals surface area contributed by atoms with Gasteiger partial charge in [0, 0.05) is 27.0 Å². The molecule has 36 heavy (non-hydrogen) atoms. The smallest absolute Gasteiger partial charge is 0.310 e. The van der Waals surface area contributed by atoms with Crippen LogP contribution < -0.4 is 0 Å². The molecule has 2 rings (SSSR count). The normalized spacial score (nSPS) is 30.3. The van der Waals surface area contributed by atoms with Crippen molar-refractivity contribution in [3.8, 4) is 0 Å². The van der Waals surface area contributed by atoms with E-state index < -0.39 is 53.6 Å². The number of carboxylic acid groups (broad SMARTS) is 2. The molecule has 0 unspecified atom stereocenters. The zero-order valence-electron chi connectivity index (χ0n) is 23.9. The number of aliphatic carboxylic acids is 2. The second kappa shape index (κ2) is 11.1. The number of unbranched alkanes of at least 4 members (excludes halogenated alkanes) is 4. The Balaban J connectivity index is 2.43. The van der Waals surface area contributed by atoms with Crippen molar-refractivity contribution in [2.45, 2.75) is 147 Å². The highest BCUT2D eigenvalue weighted by Gasteiger charge is 2.61. The molecule has 0 aromatic carbocycles. The molecule has 8 heteroatoms. The molecule has 0 amide bonds. The maximum absolute atomic E-state index is 13.5. The van der Waals surface area contributed by atoms with E-state index in [9.17, 15) is 23.8 Å². The van der Waals surface area contributed by atoms with Gasteiger partial charge < -0.3 is 10.2 Å². The third-order valence-electron chi connectivity index (χ3n) is 9.02. The van der Waals surface area contributed by atoms with E-state index in [1.54, 1.807) is 0 Å². The van der Waals surface area contributed by atoms with Crippen molar-refractivity contribution in [1.82, 2.24) is 0 Å². The zero-order valence-corrected chi connectivity index (χ0v) is 25.6. The maximum atomic E-state index is 13.5. The van der Waals surface area contributed by atoms with Gasteiger partial charge in [0.2, 0.25) is 0 Å². The van der Waals surface area contributed by atoms with Gasteiger partial charge in [-0.15, -0.1) is 0 Å². The number of hydrogen-bond acceptors (Lipinski definition) is 4. The van der Waals surface area contributed by atoms with Crippen LogP contribution in [0.2, 0.25) is 0 Å². The topological polar surface area (TPSA) is 109 Å². The molecule has 6 nitrogen and oxygen atoms in total. The average Bonchev–Trinajstić information content (AvgIpc) is 2.70. The second-order valence-corrected chi connectivity index (χ2v) is 20.1. The molecule has 2 fully saturated rings. The van der Waals surface area contributed by atoms with Gasteiger partial charge in [-0.2, -0.15) is 0 Å². The molecule has 2 saturated heterocycles. The fourth-order valence-electron chi connectivity index (χ4n) is 7.68. The zero-order chi connectivity index (χ0) is 27.7. The number of rotatable bonds is 11. The van der Waals surface area contributed by atoms with E-state index in [-0.39, 0.29) is 18.3 Å². The minimum absolute atomic E-state index is 0.104. The van der Waals surface area contributed by atoms with Gasteiger partial charge in [-0.25, -0.2) is 0 Å². The lowest BCUT2D eigenvalue weighted by Gasteiger charge is -2.56. The van der Waals surface area contributed by atoms with Crippen molar-refractivity contribution in [2.75, 3.05) is 0 Å². The Labute approximate surface area is 220 Å². The van der Waals surface area contributed by atoms with Gasteiger partial charge in [-0.1, -0.05) is 25.7 Å². The van der Waals surface area contributed by atoms with Crippen LogP contribution in [0.3, 0.4) is 0 Å². The summed E-state index contributed by atoms with van der Waals surface area (Å²) in [5.41, 5.74) is -0.961. The predicted molar refractivity (Wildman–Crippen MR) is 147 cm³/mol. The summed E-state index contributed by atoms with van der Waals surface area (Å²) < 4.78 is 26.7. The maximum Gasteiger partial charge on any atom is 0.310 e. The van der Waals surface area contributed by atoms with E-state index in [2.05, 4.69) is 0 Å². The first-order chi connectivity index (χ1) is 16.3. The van der Waals surface area contributed by atoms with E-state index in [0.717, 1.165) is 25.7 Å². The van der Waals surface area contributed by atoms with Crippen molar-refractivity contribution in [3.05, 3.63) is 0 Å². The minimum atomic E-state index is -1.50. The Morgan fingerprint density at radius 2 is 1.00 bits per heavy atom. The van der Waals surface area contributed by atoms with Crippen LogP contribution in [0.15, 0.2) is 0 Å². The van der Waals surface area contributed by atoms with Gasteiger partial charge in [-0.3, -0.25) is 18.7 Å². The highest BCUT2D eigenvalue weighted by atomic mass is 31.1. The summed E-state index contributed by atoms with van der Waals surface area (Å²) >= 11 is 0. The molecule has 2 aliphatic rings. The van der Waals surface area contributed by atoms with Gasteiger partial charge in [0.15, 0.2) is 0 Å². The highest BCUT2D eigenvalue weighted by molar-refractivity contribution is 7.48. The van der Waals surface area contributed by atoms with Crippen LogP contribution in [0.25, 0.3) is 0 Å². The first-order valence-corrected chi connectivity index (χ1v) is 16.2. The second-order valence-electron chi connectivity index (χ2n) is 14.1. The van der Waals surface area contributed by atoms with Crippen LogP contribution in [-0.2, 0) is 18.7 Å². The fraction of sp³-hybridized carbons (Fsp3) is 0.929. The molecule has 0 aromatic rings. The summed E-state index contributed by atoms with van der Waals surface area (Å²) in [6, 6.07) is 0. The summed E-state index contributed by atoms with van der Waals surface area (Å²) in [6.07, 6.45) is 7.25. The van der Waals surface area contributed by atoms with Crippen molar-refractivity contribution in [3.63, 3.8) is 0 Å². The molecule has 2 heterocycles. The summed E-state index contributed by atoms with van der Waals surface area (Å²) in [5, 5.41) is 18.1. The molecular formula is C28H50O6P2. The Hall–Kier alpha value is -0.860. The van der Waals surface area contributed by atoms with Crippen molar-refractivity contribution < 1.29 is 28.9 Å². The average molecular weight is 545 g/mol. The largest absolute Gasteiger partial charge is 0.481 e. The minimum Gasteiger partial charge on any atom is -0.481 e. The van der Waals surface area contributed by atoms with Crippen LogP contribution >= 0.6 is 15.6 Å². The molecule has 2 aliphatic heterocycles. The predicted octanol–water partition coefficient (Wildman–Crippen LogP) is 8.46. The van der Waals surface area contributed by atoms with Crippen LogP contribution in [-0.4, -0.2) is 42.8 Å². The third kappa shape index (κ3) is 6.58. The molecule has 0 saturated carbocycles. The van der Waals surface area contributed by atoms with Crippen LogP contribution in [0.1, 0.15) is 126 Å². The van der Waals surface area contributed by atoms with Gasteiger partial charge >= 0.3 is 11.9 Å². The number of carboxylic acids is 2. The molecule has 2 radical (unpaired) electrons. The standard InChI is InChI=1S/C28H50O6P2/c1-24(2)16-20(17-25(3,4)35(24)33)28(23(31)32,15-13-11-9-10-12-14-22(29)30)21-18-26(5,6)36(34)27(7,8)19-21/h20-21H,9-19H2,1-8H3,(H,29,30)(H,31,32). The van der Waals surface area contributed by atoms with Crippen LogP contribution in [0.4, 0.5) is 0 Å². The summed E-state index contributed by atoms with van der Waals surface area (Å²) in [5.74, 6) is -1.74. The molecule has 208 valence electrons. The molecule has 0 atom stereocenters. The SMILES string of the molecule is CC1(C)CC(C(CCCCCCCC(=O)O)(C(=O)O)C2CC(C)(C)[P](=O)C(C)(C)C2)CC(C)(C)[P]1=O. The highest BCUT2D eigenvalue weighted by Crippen LogP contribution is 2.68. The van der Waals surface area contributed by atoms with E-state index in [4.69, 9.17) is 5.11 Å². The van der Waals surface area contributed by atoms with Crippen LogP contribution in [0.5, 0.6) is 0 Å². The summed E-state index contributed by atoms with van der Waals surface area (Å²) in [7, 11) is -3.00. The Kier molecular flexibility index (Phi) is 9.66. The lowest BCUT2D eigenvalue weighted by Crippen LogP contribution is -2.55. The van der Waals surface area contributed by atoms with Crippen molar-refractivity contribution in [1.29, 1.82) is 0 Å². The van der Waals surface area contributed by atoms with E-state index >= 15 is 0 Å². The molecule has 0 bridgehead atoms. The molecule has 0 aromatic heterocycles. The van der Waals surface area contributed by atoms with Crippen molar-refractivity contribution >= 4 is 27.5 Å². The van der Waals surface area contributed by atoms with Gasteiger partial charge in [0.05, 0.1) is 21.0 Å². The Morgan fingerprint density at radius 3 is 1.33 bits per heavy atom. The van der Waals surface area contributed by atoms with Crippen molar-refractivity contribution in [2.24, 2.45) is 17.3 Å². The molecular weight excluding hydrogens is 494 g/mol. The van der Waals surface area contributed by atoms with Gasteiger partial charge in [-0.05, 0) is 106 Å². The lowest BCUT2D eigenvalue weighted by atomic mass is 9.56. The Bertz CT molecular complexity index is 785.